The van der Waals surface area contributed by atoms with Gasteiger partial charge in [-0.2, -0.15) is 0 Å². The fraction of sp³-hybridized carbons (Fsp3) is 0.444. The first-order valence-electron chi connectivity index (χ1n) is 7.84. The van der Waals surface area contributed by atoms with Crippen LogP contribution in [0.2, 0.25) is 0 Å². The van der Waals surface area contributed by atoms with E-state index in [0.717, 1.165) is 0 Å². The largest absolute Gasteiger partial charge is 0.462 e. The van der Waals surface area contributed by atoms with Crippen molar-refractivity contribution in [2.75, 3.05) is 6.61 Å². The molecule has 0 heterocycles. The van der Waals surface area contributed by atoms with Crippen LogP contribution < -0.4 is 0 Å². The molecule has 0 unspecified atom stereocenters. The molecule has 1 aromatic carbocycles. The Morgan fingerprint density at radius 3 is 2.39 bits per heavy atom. The third kappa shape index (κ3) is 4.84. The zero-order valence-electron chi connectivity index (χ0n) is 13.5. The van der Waals surface area contributed by atoms with E-state index in [0.29, 0.717) is 37.1 Å². The van der Waals surface area contributed by atoms with E-state index in [1.807, 2.05) is 13.8 Å². The number of hydrogen-bond donors (Lipinski definition) is 0. The number of benzene rings is 1. The molecule has 0 spiro atoms. The van der Waals surface area contributed by atoms with Crippen molar-refractivity contribution in [2.45, 2.75) is 33.1 Å². The van der Waals surface area contributed by atoms with E-state index >= 15 is 0 Å². The third-order valence-corrected chi connectivity index (χ3v) is 3.56. The van der Waals surface area contributed by atoms with Gasteiger partial charge in [-0.3, -0.25) is 14.6 Å². The first-order valence-corrected chi connectivity index (χ1v) is 7.84. The Morgan fingerprint density at radius 1 is 1.22 bits per heavy atom. The molecule has 1 aliphatic rings. The number of Topliss-reactive ketones (excluding diaryl/α,β-unsaturated/α-hetero) is 2. The monoisotopic (exact) mass is 315 g/mol. The Bertz CT molecular complexity index is 600. The molecular formula is C18H21NO4. The molecule has 1 aromatic rings. The normalized spacial score (nSPS) is 16.3. The van der Waals surface area contributed by atoms with Crippen molar-refractivity contribution in [2.24, 2.45) is 16.8 Å². The number of rotatable bonds is 5. The summed E-state index contributed by atoms with van der Waals surface area (Å²) in [5.74, 6) is -0.947. The molecule has 0 bridgehead atoms. The van der Waals surface area contributed by atoms with Crippen LogP contribution in [0, 0.1) is 11.8 Å². The summed E-state index contributed by atoms with van der Waals surface area (Å²) in [5.41, 5.74) is 1.05. The SMILES string of the molecule is CC(C)COC(=O)c1ccc(N=CC2C(=O)CCCC2=O)cc1. The van der Waals surface area contributed by atoms with Crippen LogP contribution in [0.15, 0.2) is 29.3 Å². The van der Waals surface area contributed by atoms with Crippen LogP contribution in [0.3, 0.4) is 0 Å². The van der Waals surface area contributed by atoms with Crippen LogP contribution in [-0.2, 0) is 14.3 Å². The van der Waals surface area contributed by atoms with Gasteiger partial charge in [0.05, 0.1) is 17.9 Å². The number of nitrogens with zero attached hydrogens (tertiary/aromatic N) is 1. The number of ketones is 2. The molecule has 0 N–H and O–H groups in total. The number of carbonyl (C=O) groups is 3. The van der Waals surface area contributed by atoms with E-state index in [1.54, 1.807) is 24.3 Å². The summed E-state index contributed by atoms with van der Waals surface area (Å²) >= 11 is 0. The average Bonchev–Trinajstić information content (AvgIpc) is 2.52. The second-order valence-corrected chi connectivity index (χ2v) is 6.08. The lowest BCUT2D eigenvalue weighted by atomic mass is 9.87. The van der Waals surface area contributed by atoms with E-state index in [4.69, 9.17) is 4.74 Å². The fourth-order valence-electron chi connectivity index (χ4n) is 2.26. The van der Waals surface area contributed by atoms with Crippen molar-refractivity contribution in [3.8, 4) is 0 Å². The Morgan fingerprint density at radius 2 is 1.83 bits per heavy atom. The molecule has 122 valence electrons. The summed E-state index contributed by atoms with van der Waals surface area (Å²) in [4.78, 5) is 39.4. The van der Waals surface area contributed by atoms with Gasteiger partial charge in [-0.25, -0.2) is 4.79 Å². The third-order valence-electron chi connectivity index (χ3n) is 3.56. The first kappa shape index (κ1) is 17.1. The minimum absolute atomic E-state index is 0.0705. The Kier molecular flexibility index (Phi) is 5.79. The average molecular weight is 315 g/mol. The van der Waals surface area contributed by atoms with Gasteiger partial charge in [-0.15, -0.1) is 0 Å². The summed E-state index contributed by atoms with van der Waals surface area (Å²) in [7, 11) is 0. The minimum atomic E-state index is -0.723. The maximum Gasteiger partial charge on any atom is 0.338 e. The van der Waals surface area contributed by atoms with Gasteiger partial charge in [-0.05, 0) is 36.6 Å². The molecule has 1 aliphatic carbocycles. The molecule has 1 saturated carbocycles. The van der Waals surface area contributed by atoms with Crippen molar-refractivity contribution >= 4 is 29.4 Å². The molecule has 23 heavy (non-hydrogen) atoms. The molecule has 0 aliphatic heterocycles. The molecule has 0 atom stereocenters. The lowest BCUT2D eigenvalue weighted by Crippen LogP contribution is -2.29. The van der Waals surface area contributed by atoms with Crippen LogP contribution in [-0.4, -0.2) is 30.4 Å². The van der Waals surface area contributed by atoms with Gasteiger partial charge in [0.1, 0.15) is 17.5 Å². The second kappa shape index (κ2) is 7.81. The summed E-state index contributed by atoms with van der Waals surface area (Å²) in [6.45, 7) is 4.32. The first-order chi connectivity index (χ1) is 11.0. The van der Waals surface area contributed by atoms with Gasteiger partial charge in [0.25, 0.3) is 0 Å². The van der Waals surface area contributed by atoms with Crippen LogP contribution in [0.25, 0.3) is 0 Å². The summed E-state index contributed by atoms with van der Waals surface area (Å²) in [6, 6.07) is 6.58. The highest BCUT2D eigenvalue weighted by Crippen LogP contribution is 2.18. The smallest absolute Gasteiger partial charge is 0.338 e. The summed E-state index contributed by atoms with van der Waals surface area (Å²) < 4.78 is 5.15. The van der Waals surface area contributed by atoms with Crippen LogP contribution in [0.4, 0.5) is 5.69 Å². The Balaban J connectivity index is 1.99. The Labute approximate surface area is 135 Å². The zero-order valence-corrected chi connectivity index (χ0v) is 13.5. The minimum Gasteiger partial charge on any atom is -0.462 e. The highest BCUT2D eigenvalue weighted by molar-refractivity contribution is 6.16. The van der Waals surface area contributed by atoms with Gasteiger partial charge in [0.2, 0.25) is 0 Å². The molecule has 0 radical (unpaired) electrons. The van der Waals surface area contributed by atoms with Gasteiger partial charge in [0, 0.05) is 19.1 Å². The van der Waals surface area contributed by atoms with Crippen molar-refractivity contribution in [1.29, 1.82) is 0 Å². The molecule has 0 amide bonds. The van der Waals surface area contributed by atoms with E-state index < -0.39 is 5.92 Å². The van der Waals surface area contributed by atoms with E-state index in [2.05, 4.69) is 4.99 Å². The lowest BCUT2D eigenvalue weighted by molar-refractivity contribution is -0.132. The standard InChI is InChI=1S/C18H21NO4/c1-12(2)11-23-18(22)13-6-8-14(9-7-13)19-10-15-16(20)4-3-5-17(15)21/h6-10,12,15H,3-5,11H2,1-2H3. The molecule has 2 rings (SSSR count). The molecule has 5 nitrogen and oxygen atoms in total. The number of carbonyl (C=O) groups excluding carboxylic acids is 3. The van der Waals surface area contributed by atoms with Crippen LogP contribution >= 0.6 is 0 Å². The highest BCUT2D eigenvalue weighted by Gasteiger charge is 2.28. The number of hydrogen-bond acceptors (Lipinski definition) is 5. The maximum absolute atomic E-state index is 11.8. The topological polar surface area (TPSA) is 72.8 Å². The van der Waals surface area contributed by atoms with Crippen molar-refractivity contribution in [3.05, 3.63) is 29.8 Å². The Hall–Kier alpha value is -2.30. The van der Waals surface area contributed by atoms with Crippen LogP contribution in [0.5, 0.6) is 0 Å². The summed E-state index contributed by atoms with van der Waals surface area (Å²) in [5, 5.41) is 0. The maximum atomic E-state index is 11.8. The quantitative estimate of drug-likeness (QED) is 0.475. The number of esters is 1. The predicted molar refractivity (Wildman–Crippen MR) is 87.1 cm³/mol. The number of ether oxygens (including phenoxy) is 1. The molecular weight excluding hydrogens is 294 g/mol. The summed E-state index contributed by atoms with van der Waals surface area (Å²) in [6.07, 6.45) is 2.91. The van der Waals surface area contributed by atoms with Crippen molar-refractivity contribution < 1.29 is 19.1 Å². The van der Waals surface area contributed by atoms with Gasteiger partial charge in [0.15, 0.2) is 0 Å². The predicted octanol–water partition coefficient (Wildman–Crippen LogP) is 3.14. The highest BCUT2D eigenvalue weighted by atomic mass is 16.5. The zero-order chi connectivity index (χ0) is 16.8. The van der Waals surface area contributed by atoms with E-state index in [9.17, 15) is 14.4 Å². The second-order valence-electron chi connectivity index (χ2n) is 6.08. The fourth-order valence-corrected chi connectivity index (χ4v) is 2.26. The van der Waals surface area contributed by atoms with Crippen molar-refractivity contribution in [1.82, 2.24) is 0 Å². The van der Waals surface area contributed by atoms with Crippen molar-refractivity contribution in [3.63, 3.8) is 0 Å². The van der Waals surface area contributed by atoms with Gasteiger partial charge >= 0.3 is 5.97 Å². The molecule has 5 heteroatoms. The molecule has 1 fully saturated rings. The van der Waals surface area contributed by atoms with Crippen LogP contribution in [0.1, 0.15) is 43.5 Å². The van der Waals surface area contributed by atoms with E-state index in [-0.39, 0.29) is 23.5 Å². The lowest BCUT2D eigenvalue weighted by Gasteiger charge is -2.14. The number of aliphatic imine (C=N–C) groups is 1. The molecule has 0 aromatic heterocycles. The van der Waals surface area contributed by atoms with Gasteiger partial charge in [-0.1, -0.05) is 13.8 Å². The van der Waals surface area contributed by atoms with Gasteiger partial charge < -0.3 is 4.74 Å². The van der Waals surface area contributed by atoms with E-state index in [1.165, 1.54) is 6.21 Å². The molecule has 0 saturated heterocycles.